The fourth-order valence-electron chi connectivity index (χ4n) is 10.5. The number of hydrogen-bond acceptors (Lipinski definition) is 20. The first-order chi connectivity index (χ1) is 57.3. The number of carboxylic acid groups (broad SMARTS) is 1. The van der Waals surface area contributed by atoms with Gasteiger partial charge in [-0.2, -0.15) is 52.7 Å². The van der Waals surface area contributed by atoms with E-state index in [1.165, 1.54) is 56.1 Å². The lowest BCUT2D eigenvalue weighted by atomic mass is 9.79. The van der Waals surface area contributed by atoms with Crippen LogP contribution in [0.25, 0.3) is 28.2 Å². The summed E-state index contributed by atoms with van der Waals surface area (Å²) in [4.78, 5) is 73.9. The molecule has 674 valence electrons. The zero-order valence-electron chi connectivity index (χ0n) is 69.5. The van der Waals surface area contributed by atoms with Gasteiger partial charge in [0.25, 0.3) is 26.0 Å². The highest BCUT2D eigenvalue weighted by Crippen LogP contribution is 2.39. The number of nitrogens with zero attached hydrogens (tertiary/aromatic N) is 11. The van der Waals surface area contributed by atoms with Crippen molar-refractivity contribution >= 4 is 123 Å². The summed E-state index contributed by atoms with van der Waals surface area (Å²) in [5, 5.41) is 19.4. The molecule has 4 aromatic carbocycles. The molecule has 124 heavy (non-hydrogen) atoms. The summed E-state index contributed by atoms with van der Waals surface area (Å²) < 4.78 is 218. The molecule has 8 heterocycles. The van der Waals surface area contributed by atoms with Crippen molar-refractivity contribution in [1.29, 1.82) is 0 Å². The fraction of sp³-hybridized carbons (Fsp3) is 0.359. The third kappa shape index (κ3) is 32.4. The smallest absolute Gasteiger partial charge is 0.481 e. The zero-order valence-corrected chi connectivity index (χ0v) is 75.9. The molecule has 7 aromatic heterocycles. The molecule has 8 N–H and O–H groups in total. The number of alkyl halides is 13. The van der Waals surface area contributed by atoms with Crippen LogP contribution in [0.2, 0.25) is 0 Å². The number of Topliss-reactive ketones (excluding diaryl/α,β-unsaturated/α-hetero) is 1. The van der Waals surface area contributed by atoms with Gasteiger partial charge in [0.05, 0.1) is 83.8 Å². The van der Waals surface area contributed by atoms with Crippen LogP contribution in [0.1, 0.15) is 126 Å². The number of nitrogens with two attached hydrogens (primary N) is 1. The van der Waals surface area contributed by atoms with Gasteiger partial charge in [-0.1, -0.05) is 99.9 Å². The van der Waals surface area contributed by atoms with E-state index < -0.39 is 109 Å². The minimum atomic E-state index is -4.68. The number of imidazole rings is 3. The van der Waals surface area contributed by atoms with Gasteiger partial charge in [0, 0.05) is 91.4 Å². The predicted octanol–water partition coefficient (Wildman–Crippen LogP) is 15.8. The molecule has 1 saturated heterocycles. The van der Waals surface area contributed by atoms with E-state index in [-0.39, 0.29) is 45.6 Å². The summed E-state index contributed by atoms with van der Waals surface area (Å²) in [7, 11) is -8.33. The highest BCUT2D eigenvalue weighted by molar-refractivity contribution is 9.93. The van der Waals surface area contributed by atoms with E-state index in [0.717, 1.165) is 58.4 Å². The summed E-state index contributed by atoms with van der Waals surface area (Å²) in [6.45, 7) is 28.9. The maximum absolute atomic E-state index is 13.8. The van der Waals surface area contributed by atoms with Crippen molar-refractivity contribution in [3.05, 3.63) is 219 Å². The van der Waals surface area contributed by atoms with Crippen molar-refractivity contribution in [3.63, 3.8) is 0 Å². The first-order valence-corrected chi connectivity index (χ1v) is 44.3. The number of carbonyl (C=O) groups excluding carboxylic acids is 3. The summed E-state index contributed by atoms with van der Waals surface area (Å²) in [6.07, 6.45) is -9.12. The quantitative estimate of drug-likeness (QED) is 0.0320. The van der Waals surface area contributed by atoms with E-state index in [1.807, 2.05) is 89.1 Å². The topological polar surface area (TPSA) is 386 Å². The van der Waals surface area contributed by atoms with E-state index in [1.54, 1.807) is 103 Å². The summed E-state index contributed by atoms with van der Waals surface area (Å²) >= 11 is 7.88. The van der Waals surface area contributed by atoms with Crippen molar-refractivity contribution < 1.29 is 108 Å². The van der Waals surface area contributed by atoms with Crippen molar-refractivity contribution in [1.82, 2.24) is 73.2 Å². The second-order valence-electron chi connectivity index (χ2n) is 27.9. The van der Waals surface area contributed by atoms with Gasteiger partial charge in [-0.05, 0) is 158 Å². The Bertz CT molecular complexity index is 5560. The summed E-state index contributed by atoms with van der Waals surface area (Å²) in [5.74, 6) is -2.07. The monoisotopic (exact) mass is 1980 g/mol. The molecule has 0 radical (unpaired) electrons. The molecule has 0 unspecified atom stereocenters. The van der Waals surface area contributed by atoms with Gasteiger partial charge in [0.15, 0.2) is 34.0 Å². The van der Waals surface area contributed by atoms with Crippen LogP contribution in [-0.2, 0) is 70.3 Å². The number of sulfonamides is 2. The number of fused-ring (bicyclic) bond motifs is 3. The van der Waals surface area contributed by atoms with Crippen molar-refractivity contribution in [2.24, 2.45) is 0 Å². The van der Waals surface area contributed by atoms with Gasteiger partial charge in [0.1, 0.15) is 5.82 Å². The molecule has 1 aliphatic heterocycles. The Morgan fingerprint density at radius 1 is 0.516 bits per heavy atom. The van der Waals surface area contributed by atoms with Gasteiger partial charge in [-0.15, -0.1) is 0 Å². The molecular weight excluding hydrogens is 1900 g/mol. The Hall–Kier alpha value is -10.3. The molecule has 28 nitrogen and oxygen atoms in total. The number of hydrogen-bond donors (Lipinski definition) is 7. The maximum atomic E-state index is 13.8. The SMILES string of the molecule is BrBr.CC(=O)O.CCO.Cc1ccc(S(=O)(=O)NC(=O)NCCc2ccc(-c3c(C(F)(F)F)nc4c(C)nc(C)cn34)cc2)cc1.Cc1ccc(S(=O)(=O)NC(=O)NCCc2ccc(B3OC(C)(C)C(C)(C)O3)cc2)cc1.Cc1cn2cc(C(F)(F)F)nc2c(C)n1.Cc1cn2cc(C(F)(F)F)nc2c(C)n1.Cc1cnc(N)c(C)n1.O=C(CBr)C(F)(F)F. The third-order valence-corrected chi connectivity index (χ3v) is 20.2. The molecule has 46 heteroatoms. The molecule has 0 spiro atoms. The Kier molecular flexibility index (Phi) is 39.0. The van der Waals surface area contributed by atoms with E-state index in [0.29, 0.717) is 64.9 Å². The number of halogens is 15. The molecular formula is C78H90BBr3F12N16O12S2. The molecule has 0 bridgehead atoms. The fourth-order valence-corrected chi connectivity index (χ4v) is 12.7. The molecule has 1 aliphatic rings. The first-order valence-electron chi connectivity index (χ1n) is 36.5. The van der Waals surface area contributed by atoms with Crippen LogP contribution >= 0.6 is 44.2 Å². The minimum absolute atomic E-state index is 0.0318. The van der Waals surface area contributed by atoms with E-state index in [9.17, 15) is 83.9 Å². The van der Waals surface area contributed by atoms with E-state index >= 15 is 0 Å². The second-order valence-corrected chi connectivity index (χ2v) is 31.8. The minimum Gasteiger partial charge on any atom is -0.481 e. The Labute approximate surface area is 730 Å². The van der Waals surface area contributed by atoms with Gasteiger partial charge >= 0.3 is 43.9 Å². The number of aliphatic hydroxyl groups is 1. The number of carboxylic acids is 1. The first kappa shape index (κ1) is 106. The molecule has 11 aromatic rings. The van der Waals surface area contributed by atoms with Gasteiger partial charge < -0.3 is 44.7 Å². The van der Waals surface area contributed by atoms with E-state index in [2.05, 4.69) is 94.7 Å². The van der Waals surface area contributed by atoms with Crippen molar-refractivity contribution in [2.75, 3.05) is 30.8 Å². The average Bonchev–Trinajstić information content (AvgIpc) is 1.60. The highest BCUT2D eigenvalue weighted by atomic mass is 80.9. The molecule has 0 saturated carbocycles. The van der Waals surface area contributed by atoms with Crippen LogP contribution in [-0.4, -0.2) is 153 Å². The number of ketones is 1. The second kappa shape index (κ2) is 45.6. The van der Waals surface area contributed by atoms with Crippen LogP contribution in [0.15, 0.2) is 144 Å². The molecule has 0 aliphatic carbocycles. The Morgan fingerprint density at radius 3 is 1.20 bits per heavy atom. The molecule has 1 fully saturated rings. The normalized spacial score (nSPS) is 12.8. The van der Waals surface area contributed by atoms with Crippen molar-refractivity contribution in [2.45, 2.75) is 169 Å². The van der Waals surface area contributed by atoms with Gasteiger partial charge in [-0.25, -0.2) is 55.8 Å². The number of nitrogens with one attached hydrogen (secondary N) is 4. The van der Waals surface area contributed by atoms with Crippen LogP contribution in [0.5, 0.6) is 0 Å². The van der Waals surface area contributed by atoms with E-state index in [4.69, 9.17) is 30.0 Å². The van der Waals surface area contributed by atoms with Crippen LogP contribution in [0.3, 0.4) is 0 Å². The number of aliphatic carboxylic acids is 1. The Morgan fingerprint density at radius 2 is 0.871 bits per heavy atom. The number of rotatable bonds is 13. The lowest BCUT2D eigenvalue weighted by Crippen LogP contribution is -2.41. The van der Waals surface area contributed by atoms with Gasteiger partial charge in [-0.3, -0.25) is 33.9 Å². The predicted molar refractivity (Wildman–Crippen MR) is 452 cm³/mol. The molecule has 4 amide bonds. The largest absolute Gasteiger partial charge is 0.494 e. The van der Waals surface area contributed by atoms with Gasteiger partial charge in [0.2, 0.25) is 5.78 Å². The van der Waals surface area contributed by atoms with Crippen molar-refractivity contribution in [3.8, 4) is 11.3 Å². The average molecular weight is 1990 g/mol. The number of aromatic nitrogens is 11. The number of aryl methyl sites for hydroxylation is 10. The highest BCUT2D eigenvalue weighted by Gasteiger charge is 2.52. The third-order valence-electron chi connectivity index (χ3n) is 17.0. The van der Waals surface area contributed by atoms with Crippen LogP contribution in [0, 0.1) is 69.2 Å². The van der Waals surface area contributed by atoms with Crippen LogP contribution in [0.4, 0.5) is 68.1 Å². The number of amides is 4. The molecule has 12 rings (SSSR count). The Balaban J connectivity index is 0.000000329. The summed E-state index contributed by atoms with van der Waals surface area (Å²) in [6, 6.07) is 24.9. The number of carbonyl (C=O) groups is 4. The number of urea groups is 2. The lowest BCUT2D eigenvalue weighted by molar-refractivity contribution is -0.167. The zero-order chi connectivity index (χ0) is 94.2. The molecule has 0 atom stereocenters. The van der Waals surface area contributed by atoms with Crippen LogP contribution < -0.4 is 31.3 Å². The standard InChI is InChI=1S/C25H24F3N5O3S.C22H29BN2O5S.2C9H8F3N3.C6H9N3.C3H2BrF3O.C2H4O2.C2H6O.Br2/c1-15-4-10-20(11-5-15)37(35,36)32-24(34)29-13-12-18-6-8-19(9-7-18)21-22(25(26,27)28)31-23-17(3)30-16(2)14-33(21)23;1-16-6-12-19(13-7-16)31(27,28)25-20(26)24-15-14-17-8-10-18(11-9-17)23-29-21(2,3)22(4,5)30-23;2*1-5-3-15-4-7(9(10,11)12)14-8(15)6(2)13-5;1-4-3-8-6(7)5(2)9-4;4-1-2(8)3(5,6)7;1-2(3)4;1-2-3;1-2/h4-11,14H,12-13H2,1-3H3,(H2,29,32,34);6-13H,14-15H2,1-5H3,(H2,24,25,26);2*3-4H,1-2H3;3H,1-2H3,(H2,7,8);1H2;1H3,(H,3,4);3H,2H2,1H3;. The number of aliphatic hydroxyl groups excluding tert-OH is 1. The maximum Gasteiger partial charge on any atom is 0.494 e. The number of benzene rings is 4. The summed E-state index contributed by atoms with van der Waals surface area (Å²) in [5.41, 5.74) is 12.1. The lowest BCUT2D eigenvalue weighted by Gasteiger charge is -2.32. The number of anilines is 1. The number of nitrogen functional groups attached to an aromatic ring is 1.